The molecule has 1 unspecified atom stereocenters. The van der Waals surface area contributed by atoms with Crippen LogP contribution in [0.3, 0.4) is 0 Å². The summed E-state index contributed by atoms with van der Waals surface area (Å²) < 4.78 is 0. The fourth-order valence-electron chi connectivity index (χ4n) is 1.61. The molecule has 0 aromatic heterocycles. The Bertz CT molecular complexity index is 138. The van der Waals surface area contributed by atoms with Gasteiger partial charge in [-0.1, -0.05) is 27.7 Å². The van der Waals surface area contributed by atoms with Crippen LogP contribution in [0.4, 0.5) is 0 Å². The van der Waals surface area contributed by atoms with Crippen molar-refractivity contribution in [1.82, 2.24) is 10.2 Å². The standard InChI is InChI=1S/C12H28N2/c1-7-13-9-8-11(2)14(6)10-12(3,4)5/h11,13H,7-10H2,1-6H3. The first-order chi connectivity index (χ1) is 6.37. The van der Waals surface area contributed by atoms with Gasteiger partial charge >= 0.3 is 0 Å². The third-order valence-electron chi connectivity index (χ3n) is 2.47. The molecule has 0 radical (unpaired) electrons. The Morgan fingerprint density at radius 1 is 1.29 bits per heavy atom. The Labute approximate surface area is 90.1 Å². The van der Waals surface area contributed by atoms with Crippen molar-refractivity contribution >= 4 is 0 Å². The number of rotatable bonds is 6. The Hall–Kier alpha value is -0.0800. The highest BCUT2D eigenvalue weighted by molar-refractivity contribution is 4.71. The van der Waals surface area contributed by atoms with E-state index in [2.05, 4.69) is 51.9 Å². The largest absolute Gasteiger partial charge is 0.317 e. The Morgan fingerprint density at radius 2 is 1.86 bits per heavy atom. The lowest BCUT2D eigenvalue weighted by Gasteiger charge is -2.31. The second kappa shape index (κ2) is 6.41. The lowest BCUT2D eigenvalue weighted by Crippen LogP contribution is -2.37. The third kappa shape index (κ3) is 7.34. The van der Waals surface area contributed by atoms with E-state index in [1.54, 1.807) is 0 Å². The molecule has 0 aromatic rings. The molecule has 0 amide bonds. The van der Waals surface area contributed by atoms with Gasteiger partial charge in [0.15, 0.2) is 0 Å². The predicted molar refractivity (Wildman–Crippen MR) is 64.7 cm³/mol. The molecule has 0 rings (SSSR count). The van der Waals surface area contributed by atoms with Gasteiger partial charge in [0.2, 0.25) is 0 Å². The zero-order valence-electron chi connectivity index (χ0n) is 10.9. The predicted octanol–water partition coefficient (Wildman–Crippen LogP) is 2.35. The topological polar surface area (TPSA) is 15.3 Å². The number of nitrogens with one attached hydrogen (secondary N) is 1. The van der Waals surface area contributed by atoms with Crippen LogP contribution >= 0.6 is 0 Å². The molecular weight excluding hydrogens is 172 g/mol. The lowest BCUT2D eigenvalue weighted by molar-refractivity contribution is 0.174. The first-order valence-corrected chi connectivity index (χ1v) is 5.78. The molecular formula is C12H28N2. The summed E-state index contributed by atoms with van der Waals surface area (Å²) in [5.41, 5.74) is 0.404. The maximum Gasteiger partial charge on any atom is 0.00761 e. The molecule has 2 heteroatoms. The van der Waals surface area contributed by atoms with E-state index >= 15 is 0 Å². The summed E-state index contributed by atoms with van der Waals surface area (Å²) in [7, 11) is 2.22. The Balaban J connectivity index is 3.70. The average Bonchev–Trinajstić information content (AvgIpc) is 2.01. The summed E-state index contributed by atoms with van der Waals surface area (Å²) in [5, 5.41) is 3.37. The molecule has 14 heavy (non-hydrogen) atoms. The summed E-state index contributed by atoms with van der Waals surface area (Å²) in [5.74, 6) is 0. The van der Waals surface area contributed by atoms with Crippen LogP contribution in [0, 0.1) is 5.41 Å². The molecule has 0 aliphatic rings. The summed E-state index contributed by atoms with van der Waals surface area (Å²) in [6, 6.07) is 0.674. The van der Waals surface area contributed by atoms with E-state index in [-0.39, 0.29) is 0 Å². The zero-order valence-corrected chi connectivity index (χ0v) is 10.9. The minimum absolute atomic E-state index is 0.404. The molecule has 1 atom stereocenters. The van der Waals surface area contributed by atoms with E-state index in [1.807, 2.05) is 0 Å². The van der Waals surface area contributed by atoms with Gasteiger partial charge in [-0.25, -0.2) is 0 Å². The Kier molecular flexibility index (Phi) is 6.38. The molecule has 0 fully saturated rings. The third-order valence-corrected chi connectivity index (χ3v) is 2.47. The van der Waals surface area contributed by atoms with E-state index < -0.39 is 0 Å². The molecule has 0 aromatic carbocycles. The van der Waals surface area contributed by atoms with Crippen LogP contribution in [-0.2, 0) is 0 Å². The van der Waals surface area contributed by atoms with Crippen LogP contribution in [0.5, 0.6) is 0 Å². The molecule has 0 spiro atoms. The minimum Gasteiger partial charge on any atom is -0.317 e. The van der Waals surface area contributed by atoms with Crippen molar-refractivity contribution < 1.29 is 0 Å². The van der Waals surface area contributed by atoms with Crippen LogP contribution < -0.4 is 5.32 Å². The molecule has 1 N–H and O–H groups in total. The maximum absolute atomic E-state index is 3.37. The smallest absolute Gasteiger partial charge is 0.00761 e. The molecule has 0 aliphatic heterocycles. The summed E-state index contributed by atoms with van der Waals surface area (Å²) in [6.45, 7) is 14.7. The highest BCUT2D eigenvalue weighted by Crippen LogP contribution is 2.16. The summed E-state index contributed by atoms with van der Waals surface area (Å²) >= 11 is 0. The van der Waals surface area contributed by atoms with Gasteiger partial charge in [-0.3, -0.25) is 0 Å². The van der Waals surface area contributed by atoms with Crippen molar-refractivity contribution in [3.63, 3.8) is 0 Å². The van der Waals surface area contributed by atoms with Crippen molar-refractivity contribution in [1.29, 1.82) is 0 Å². The van der Waals surface area contributed by atoms with E-state index in [0.717, 1.165) is 13.1 Å². The maximum atomic E-state index is 3.37. The van der Waals surface area contributed by atoms with Gasteiger partial charge in [0, 0.05) is 12.6 Å². The van der Waals surface area contributed by atoms with Crippen molar-refractivity contribution in [2.45, 2.75) is 47.1 Å². The van der Waals surface area contributed by atoms with Gasteiger partial charge in [-0.15, -0.1) is 0 Å². The normalized spacial score (nSPS) is 14.8. The molecule has 0 heterocycles. The first-order valence-electron chi connectivity index (χ1n) is 5.78. The molecule has 0 aliphatic carbocycles. The van der Waals surface area contributed by atoms with Crippen molar-refractivity contribution in [3.05, 3.63) is 0 Å². The van der Waals surface area contributed by atoms with Crippen molar-refractivity contribution in [2.75, 3.05) is 26.7 Å². The summed E-state index contributed by atoms with van der Waals surface area (Å²) in [4.78, 5) is 2.46. The average molecular weight is 200 g/mol. The van der Waals surface area contributed by atoms with Gasteiger partial charge in [-0.2, -0.15) is 0 Å². The van der Waals surface area contributed by atoms with Gasteiger partial charge in [-0.05, 0) is 38.9 Å². The number of hydrogen-bond donors (Lipinski definition) is 1. The molecule has 0 saturated carbocycles. The van der Waals surface area contributed by atoms with Crippen LogP contribution in [0.2, 0.25) is 0 Å². The SMILES string of the molecule is CCNCCC(C)N(C)CC(C)(C)C. The van der Waals surface area contributed by atoms with E-state index in [4.69, 9.17) is 0 Å². The lowest BCUT2D eigenvalue weighted by atomic mass is 9.95. The Morgan fingerprint density at radius 3 is 2.29 bits per heavy atom. The van der Waals surface area contributed by atoms with E-state index in [0.29, 0.717) is 11.5 Å². The second-order valence-electron chi connectivity index (χ2n) is 5.47. The van der Waals surface area contributed by atoms with Gasteiger partial charge in [0.1, 0.15) is 0 Å². The molecule has 2 nitrogen and oxygen atoms in total. The van der Waals surface area contributed by atoms with Crippen LogP contribution in [-0.4, -0.2) is 37.6 Å². The van der Waals surface area contributed by atoms with Crippen LogP contribution in [0.25, 0.3) is 0 Å². The highest BCUT2D eigenvalue weighted by atomic mass is 15.1. The number of hydrogen-bond acceptors (Lipinski definition) is 2. The van der Waals surface area contributed by atoms with E-state index in [9.17, 15) is 0 Å². The fraction of sp³-hybridized carbons (Fsp3) is 1.00. The van der Waals surface area contributed by atoms with Crippen molar-refractivity contribution in [3.8, 4) is 0 Å². The number of nitrogens with zero attached hydrogens (tertiary/aromatic N) is 1. The monoisotopic (exact) mass is 200 g/mol. The molecule has 0 bridgehead atoms. The molecule has 0 saturated heterocycles. The summed E-state index contributed by atoms with van der Waals surface area (Å²) in [6.07, 6.45) is 1.24. The van der Waals surface area contributed by atoms with Crippen LogP contribution in [0.1, 0.15) is 41.0 Å². The highest BCUT2D eigenvalue weighted by Gasteiger charge is 2.16. The molecule has 86 valence electrons. The van der Waals surface area contributed by atoms with Crippen LogP contribution in [0.15, 0.2) is 0 Å². The van der Waals surface area contributed by atoms with Gasteiger partial charge < -0.3 is 10.2 Å². The second-order valence-corrected chi connectivity index (χ2v) is 5.47. The van der Waals surface area contributed by atoms with E-state index in [1.165, 1.54) is 13.0 Å². The minimum atomic E-state index is 0.404. The quantitative estimate of drug-likeness (QED) is 0.662. The van der Waals surface area contributed by atoms with Crippen molar-refractivity contribution in [2.24, 2.45) is 5.41 Å². The van der Waals surface area contributed by atoms with Gasteiger partial charge in [0.25, 0.3) is 0 Å². The zero-order chi connectivity index (χ0) is 11.2. The first kappa shape index (κ1) is 13.9. The van der Waals surface area contributed by atoms with Gasteiger partial charge in [0.05, 0.1) is 0 Å². The fourth-order valence-corrected chi connectivity index (χ4v) is 1.61.